The van der Waals surface area contributed by atoms with Crippen LogP contribution in [0.25, 0.3) is 0 Å². The average molecular weight is 367 g/mol. The summed E-state index contributed by atoms with van der Waals surface area (Å²) in [4.78, 5) is 34.0. The lowest BCUT2D eigenvalue weighted by molar-refractivity contribution is -0.384. The van der Waals surface area contributed by atoms with Gasteiger partial charge in [0.05, 0.1) is 10.7 Å². The molecular formula is C16H11F2NO5S. The number of non-ortho nitro benzene ring substituents is 1. The third-order valence-electron chi connectivity index (χ3n) is 3.01. The number of rotatable bonds is 7. The Morgan fingerprint density at radius 3 is 2.36 bits per heavy atom. The Balaban J connectivity index is 1.81. The molecule has 25 heavy (non-hydrogen) atoms. The van der Waals surface area contributed by atoms with Gasteiger partial charge in [0, 0.05) is 22.6 Å². The Hall–Kier alpha value is -2.81. The van der Waals surface area contributed by atoms with Crippen LogP contribution in [0, 0.1) is 21.7 Å². The first-order chi connectivity index (χ1) is 11.9. The summed E-state index contributed by atoms with van der Waals surface area (Å²) in [5.41, 5.74) is -0.168. The molecule has 0 bridgehead atoms. The van der Waals surface area contributed by atoms with Crippen LogP contribution in [0.4, 0.5) is 14.5 Å². The molecule has 0 aromatic heterocycles. The van der Waals surface area contributed by atoms with E-state index in [9.17, 15) is 28.5 Å². The summed E-state index contributed by atoms with van der Waals surface area (Å²) in [5, 5.41) is 10.5. The molecule has 0 aliphatic carbocycles. The molecule has 0 N–H and O–H groups in total. The van der Waals surface area contributed by atoms with E-state index in [2.05, 4.69) is 0 Å². The fraction of sp³-hybridized carbons (Fsp3) is 0.125. The van der Waals surface area contributed by atoms with E-state index in [1.165, 1.54) is 24.3 Å². The van der Waals surface area contributed by atoms with Gasteiger partial charge in [0.1, 0.15) is 0 Å². The molecule has 0 radical (unpaired) electrons. The number of nitro benzene ring substituents is 1. The van der Waals surface area contributed by atoms with Crippen molar-refractivity contribution in [1.82, 2.24) is 0 Å². The highest BCUT2D eigenvalue weighted by Crippen LogP contribution is 2.21. The Labute approximate surface area is 144 Å². The van der Waals surface area contributed by atoms with Gasteiger partial charge >= 0.3 is 5.97 Å². The highest BCUT2D eigenvalue weighted by molar-refractivity contribution is 8.00. The van der Waals surface area contributed by atoms with Crippen molar-refractivity contribution in [3.63, 3.8) is 0 Å². The van der Waals surface area contributed by atoms with Gasteiger partial charge in [-0.25, -0.2) is 8.78 Å². The molecule has 0 heterocycles. The zero-order valence-corrected chi connectivity index (χ0v) is 13.4. The molecule has 0 atom stereocenters. The Bertz CT molecular complexity index is 811. The van der Waals surface area contributed by atoms with Gasteiger partial charge in [-0.2, -0.15) is 0 Å². The maximum absolute atomic E-state index is 13.0. The number of hydrogen-bond donors (Lipinski definition) is 0. The van der Waals surface area contributed by atoms with Gasteiger partial charge in [0.25, 0.3) is 5.69 Å². The summed E-state index contributed by atoms with van der Waals surface area (Å²) in [6.45, 7) is -0.593. The van der Waals surface area contributed by atoms with Crippen LogP contribution in [0.3, 0.4) is 0 Å². The number of Topliss-reactive ketones (excluding diaryl/α,β-unsaturated/α-hetero) is 1. The lowest BCUT2D eigenvalue weighted by Crippen LogP contribution is -2.15. The molecule has 9 heteroatoms. The third-order valence-corrected chi connectivity index (χ3v) is 4.00. The van der Waals surface area contributed by atoms with Gasteiger partial charge in [-0.3, -0.25) is 19.7 Å². The molecule has 6 nitrogen and oxygen atoms in total. The van der Waals surface area contributed by atoms with Crippen LogP contribution in [0.2, 0.25) is 0 Å². The largest absolute Gasteiger partial charge is 0.457 e. The molecule has 0 amide bonds. The van der Waals surface area contributed by atoms with Crippen LogP contribution in [0.15, 0.2) is 47.4 Å². The third kappa shape index (κ3) is 5.35. The summed E-state index contributed by atoms with van der Waals surface area (Å²) in [6, 6.07) is 8.23. The Morgan fingerprint density at radius 1 is 1.08 bits per heavy atom. The molecule has 0 saturated carbocycles. The highest BCUT2D eigenvalue weighted by Gasteiger charge is 2.13. The fourth-order valence-corrected chi connectivity index (χ4v) is 2.44. The molecule has 2 rings (SSSR count). The van der Waals surface area contributed by atoms with Gasteiger partial charge < -0.3 is 4.74 Å². The van der Waals surface area contributed by atoms with Crippen LogP contribution in [-0.2, 0) is 9.53 Å². The predicted octanol–water partition coefficient (Wildman–Crippen LogP) is 3.39. The number of benzene rings is 2. The van der Waals surface area contributed by atoms with Crippen LogP contribution in [-0.4, -0.2) is 29.0 Å². The Kier molecular flexibility index (Phi) is 6.18. The van der Waals surface area contributed by atoms with E-state index in [-0.39, 0.29) is 17.0 Å². The zero-order chi connectivity index (χ0) is 18.4. The summed E-state index contributed by atoms with van der Waals surface area (Å²) >= 11 is 1.08. The first-order valence-corrected chi connectivity index (χ1v) is 7.86. The molecule has 0 spiro atoms. The van der Waals surface area contributed by atoms with Crippen molar-refractivity contribution >= 4 is 29.2 Å². The molecule has 2 aromatic carbocycles. The number of nitrogens with zero attached hydrogens (tertiary/aromatic N) is 1. The number of nitro groups is 1. The minimum absolute atomic E-state index is 0.0657. The second kappa shape index (κ2) is 8.34. The number of hydrogen-bond acceptors (Lipinski definition) is 6. The van der Waals surface area contributed by atoms with Crippen molar-refractivity contribution in [3.05, 3.63) is 69.8 Å². The van der Waals surface area contributed by atoms with Crippen LogP contribution in [0.1, 0.15) is 10.4 Å². The number of thioether (sulfide) groups is 1. The quantitative estimate of drug-likeness (QED) is 0.245. The number of esters is 1. The fourth-order valence-electron chi connectivity index (χ4n) is 1.75. The summed E-state index contributed by atoms with van der Waals surface area (Å²) in [5.74, 6) is -3.69. The lowest BCUT2D eigenvalue weighted by Gasteiger charge is -2.05. The maximum Gasteiger partial charge on any atom is 0.316 e. The van der Waals surface area contributed by atoms with Crippen molar-refractivity contribution in [1.29, 1.82) is 0 Å². The molecule has 0 aliphatic rings. The van der Waals surface area contributed by atoms with Crippen LogP contribution < -0.4 is 0 Å². The average Bonchev–Trinajstić information content (AvgIpc) is 2.60. The number of ketones is 1. The van der Waals surface area contributed by atoms with Gasteiger partial charge in [-0.1, -0.05) is 0 Å². The van der Waals surface area contributed by atoms with E-state index in [1.54, 1.807) is 0 Å². The monoisotopic (exact) mass is 367 g/mol. The van der Waals surface area contributed by atoms with Gasteiger partial charge in [0.15, 0.2) is 24.0 Å². The first kappa shape index (κ1) is 18.5. The normalized spacial score (nSPS) is 10.3. The van der Waals surface area contributed by atoms with Gasteiger partial charge in [-0.05, 0) is 30.3 Å². The van der Waals surface area contributed by atoms with Crippen molar-refractivity contribution in [2.45, 2.75) is 4.90 Å². The van der Waals surface area contributed by atoms with E-state index < -0.39 is 34.9 Å². The smallest absolute Gasteiger partial charge is 0.316 e. The molecule has 0 fully saturated rings. The molecular weight excluding hydrogens is 356 g/mol. The van der Waals surface area contributed by atoms with Crippen molar-refractivity contribution in [3.8, 4) is 0 Å². The second-order valence-electron chi connectivity index (χ2n) is 4.75. The van der Waals surface area contributed by atoms with E-state index in [1.807, 2.05) is 0 Å². The van der Waals surface area contributed by atoms with E-state index >= 15 is 0 Å². The number of carbonyl (C=O) groups is 2. The van der Waals surface area contributed by atoms with E-state index in [4.69, 9.17) is 4.74 Å². The molecule has 0 unspecified atom stereocenters. The van der Waals surface area contributed by atoms with Crippen molar-refractivity contribution < 1.29 is 28.0 Å². The summed E-state index contributed by atoms with van der Waals surface area (Å²) < 4.78 is 30.6. The standard InChI is InChI=1S/C16H11F2NO5S/c17-13-6-1-10(7-14(13)18)15(20)8-24-16(21)9-25-12-4-2-11(3-5-12)19(22)23/h1-7H,8-9H2. The zero-order valence-electron chi connectivity index (χ0n) is 12.6. The minimum atomic E-state index is -1.16. The molecule has 0 aliphatic heterocycles. The van der Waals surface area contributed by atoms with E-state index in [0.29, 0.717) is 4.90 Å². The molecule has 0 saturated heterocycles. The molecule has 2 aromatic rings. The summed E-state index contributed by atoms with van der Waals surface area (Å²) in [6.07, 6.45) is 0. The first-order valence-electron chi connectivity index (χ1n) is 6.88. The van der Waals surface area contributed by atoms with Crippen molar-refractivity contribution in [2.24, 2.45) is 0 Å². The maximum atomic E-state index is 13.0. The number of ether oxygens (including phenoxy) is 1. The topological polar surface area (TPSA) is 86.5 Å². The van der Waals surface area contributed by atoms with Crippen LogP contribution in [0.5, 0.6) is 0 Å². The SMILES string of the molecule is O=C(CSc1ccc([N+](=O)[O-])cc1)OCC(=O)c1ccc(F)c(F)c1. The minimum Gasteiger partial charge on any atom is -0.457 e. The van der Waals surface area contributed by atoms with Crippen molar-refractivity contribution in [2.75, 3.05) is 12.4 Å². The predicted molar refractivity (Wildman–Crippen MR) is 85.5 cm³/mol. The number of carbonyl (C=O) groups excluding carboxylic acids is 2. The summed E-state index contributed by atoms with van der Waals surface area (Å²) in [7, 11) is 0. The lowest BCUT2D eigenvalue weighted by atomic mass is 10.1. The van der Waals surface area contributed by atoms with Crippen LogP contribution >= 0.6 is 11.8 Å². The van der Waals surface area contributed by atoms with Gasteiger partial charge in [0.2, 0.25) is 0 Å². The number of halogens is 2. The highest BCUT2D eigenvalue weighted by atomic mass is 32.2. The molecule has 130 valence electrons. The van der Waals surface area contributed by atoms with Gasteiger partial charge in [-0.15, -0.1) is 11.8 Å². The van der Waals surface area contributed by atoms with E-state index in [0.717, 1.165) is 30.0 Å². The second-order valence-corrected chi connectivity index (χ2v) is 5.80. The Morgan fingerprint density at radius 2 is 1.76 bits per heavy atom.